The van der Waals surface area contributed by atoms with Crippen molar-refractivity contribution in [2.45, 2.75) is 39.7 Å². The summed E-state index contributed by atoms with van der Waals surface area (Å²) in [5.74, 6) is -0.685. The number of ether oxygens (including phenoxy) is 1. The maximum atomic E-state index is 12.0. The van der Waals surface area contributed by atoms with Crippen LogP contribution in [0.3, 0.4) is 0 Å². The first-order valence-corrected chi connectivity index (χ1v) is 8.12. The molecule has 0 bridgehead atoms. The van der Waals surface area contributed by atoms with E-state index in [-0.39, 0.29) is 24.0 Å². The van der Waals surface area contributed by atoms with Gasteiger partial charge in [-0.05, 0) is 51.0 Å². The third-order valence-corrected chi connectivity index (χ3v) is 3.47. The molecule has 2 aromatic carbocycles. The van der Waals surface area contributed by atoms with Crippen LogP contribution in [0.15, 0.2) is 48.5 Å². The lowest BCUT2D eigenvalue weighted by molar-refractivity contribution is -0.116. The van der Waals surface area contributed by atoms with E-state index in [1.165, 1.54) is 6.92 Å². The van der Waals surface area contributed by atoms with Crippen molar-refractivity contribution in [2.24, 2.45) is 0 Å². The van der Waals surface area contributed by atoms with Gasteiger partial charge in [-0.15, -0.1) is 0 Å². The van der Waals surface area contributed by atoms with Gasteiger partial charge in [0.2, 0.25) is 0 Å². The van der Waals surface area contributed by atoms with E-state index < -0.39 is 5.60 Å². The van der Waals surface area contributed by atoms with Gasteiger partial charge in [0, 0.05) is 5.56 Å². The molecule has 0 atom stereocenters. The minimum atomic E-state index is -0.530. The first-order valence-electron chi connectivity index (χ1n) is 8.12. The molecule has 0 aromatic heterocycles. The van der Waals surface area contributed by atoms with Gasteiger partial charge in [-0.3, -0.25) is 9.59 Å². The molecule has 25 heavy (non-hydrogen) atoms. The molecule has 0 fully saturated rings. The number of carbonyl (C=O) groups excluding carboxylic acids is 3. The molecule has 2 aromatic rings. The van der Waals surface area contributed by atoms with Gasteiger partial charge in [0.1, 0.15) is 11.4 Å². The highest BCUT2D eigenvalue weighted by molar-refractivity contribution is 6.07. The Morgan fingerprint density at radius 2 is 1.24 bits per heavy atom. The second-order valence-corrected chi connectivity index (χ2v) is 6.96. The molecule has 130 valence electrons. The molecule has 0 aliphatic heterocycles. The van der Waals surface area contributed by atoms with Crippen molar-refractivity contribution < 1.29 is 19.1 Å². The lowest BCUT2D eigenvalue weighted by Crippen LogP contribution is -2.23. The molecule has 0 saturated carbocycles. The standard InChI is InChI=1S/C21H22O4/c1-14(22)13-19(23)17-9-5-15(6-10-17)16-7-11-18(12-8-16)20(24)25-21(2,3)4/h5-12H,13H2,1-4H3. The summed E-state index contributed by atoms with van der Waals surface area (Å²) in [4.78, 5) is 34.9. The van der Waals surface area contributed by atoms with E-state index in [1.807, 2.05) is 45.0 Å². The van der Waals surface area contributed by atoms with Crippen molar-refractivity contribution in [3.63, 3.8) is 0 Å². The molecular weight excluding hydrogens is 316 g/mol. The summed E-state index contributed by atoms with van der Waals surface area (Å²) in [6.07, 6.45) is -0.0794. The number of hydrogen-bond donors (Lipinski definition) is 0. The summed E-state index contributed by atoms with van der Waals surface area (Å²) < 4.78 is 5.34. The Labute approximate surface area is 147 Å². The number of benzene rings is 2. The maximum Gasteiger partial charge on any atom is 0.338 e. The van der Waals surface area contributed by atoms with Crippen LogP contribution < -0.4 is 0 Å². The zero-order valence-electron chi connectivity index (χ0n) is 15.0. The van der Waals surface area contributed by atoms with E-state index in [2.05, 4.69) is 0 Å². The highest BCUT2D eigenvalue weighted by atomic mass is 16.6. The van der Waals surface area contributed by atoms with Crippen LogP contribution in [0.2, 0.25) is 0 Å². The summed E-state index contributed by atoms with van der Waals surface area (Å²) in [5.41, 5.74) is 2.34. The topological polar surface area (TPSA) is 60.4 Å². The van der Waals surface area contributed by atoms with Gasteiger partial charge in [0.15, 0.2) is 5.78 Å². The molecule has 2 rings (SSSR count). The molecule has 0 unspecified atom stereocenters. The van der Waals surface area contributed by atoms with E-state index >= 15 is 0 Å². The first-order chi connectivity index (χ1) is 11.7. The lowest BCUT2D eigenvalue weighted by atomic mass is 10.00. The Kier molecular flexibility index (Phi) is 5.52. The Balaban J connectivity index is 2.13. The number of Topliss-reactive ketones (excluding diaryl/α,β-unsaturated/α-hetero) is 2. The van der Waals surface area contributed by atoms with Crippen molar-refractivity contribution in [2.75, 3.05) is 0 Å². The minimum Gasteiger partial charge on any atom is -0.456 e. The minimum absolute atomic E-state index is 0.0794. The average molecular weight is 338 g/mol. The third-order valence-electron chi connectivity index (χ3n) is 3.47. The average Bonchev–Trinajstić information content (AvgIpc) is 2.53. The Bertz CT molecular complexity index is 778. The van der Waals surface area contributed by atoms with Gasteiger partial charge < -0.3 is 4.74 Å². The van der Waals surface area contributed by atoms with E-state index in [0.29, 0.717) is 11.1 Å². The van der Waals surface area contributed by atoms with Gasteiger partial charge in [-0.2, -0.15) is 0 Å². The number of hydrogen-bond acceptors (Lipinski definition) is 4. The Hall–Kier alpha value is -2.75. The fourth-order valence-corrected chi connectivity index (χ4v) is 2.31. The van der Waals surface area contributed by atoms with Crippen LogP contribution in [0.25, 0.3) is 11.1 Å². The molecule has 0 N–H and O–H groups in total. The zero-order chi connectivity index (χ0) is 18.6. The second kappa shape index (κ2) is 7.43. The highest BCUT2D eigenvalue weighted by Gasteiger charge is 2.17. The third kappa shape index (κ3) is 5.38. The van der Waals surface area contributed by atoms with E-state index in [4.69, 9.17) is 4.74 Å². The zero-order valence-corrected chi connectivity index (χ0v) is 15.0. The van der Waals surface area contributed by atoms with E-state index in [9.17, 15) is 14.4 Å². The first kappa shape index (κ1) is 18.6. The van der Waals surface area contributed by atoms with Gasteiger partial charge in [0.25, 0.3) is 0 Å². The van der Waals surface area contributed by atoms with Crippen LogP contribution in [0, 0.1) is 0 Å². The molecular formula is C21H22O4. The summed E-state index contributed by atoms with van der Waals surface area (Å²) >= 11 is 0. The maximum absolute atomic E-state index is 12.0. The largest absolute Gasteiger partial charge is 0.456 e. The smallest absolute Gasteiger partial charge is 0.338 e. The SMILES string of the molecule is CC(=O)CC(=O)c1ccc(-c2ccc(C(=O)OC(C)(C)C)cc2)cc1. The summed E-state index contributed by atoms with van der Waals surface area (Å²) in [5, 5.41) is 0. The van der Waals surface area contributed by atoms with E-state index in [0.717, 1.165) is 11.1 Å². The van der Waals surface area contributed by atoms with Crippen LogP contribution in [0.1, 0.15) is 54.8 Å². The molecule has 0 spiro atoms. The fraction of sp³-hybridized carbons (Fsp3) is 0.286. The quantitative estimate of drug-likeness (QED) is 0.458. The van der Waals surface area contributed by atoms with Crippen molar-refractivity contribution in [1.82, 2.24) is 0 Å². The predicted octanol–water partition coefficient (Wildman–Crippen LogP) is 4.47. The number of carbonyl (C=O) groups is 3. The Morgan fingerprint density at radius 1 is 0.800 bits per heavy atom. The van der Waals surface area contributed by atoms with Gasteiger partial charge >= 0.3 is 5.97 Å². The van der Waals surface area contributed by atoms with Gasteiger partial charge in [-0.1, -0.05) is 36.4 Å². The van der Waals surface area contributed by atoms with Crippen LogP contribution in [0.4, 0.5) is 0 Å². The van der Waals surface area contributed by atoms with Crippen LogP contribution in [-0.2, 0) is 9.53 Å². The predicted molar refractivity (Wildman–Crippen MR) is 96.7 cm³/mol. The molecule has 4 nitrogen and oxygen atoms in total. The van der Waals surface area contributed by atoms with Crippen molar-refractivity contribution in [3.8, 4) is 11.1 Å². The molecule has 4 heteroatoms. The molecule has 0 heterocycles. The van der Waals surface area contributed by atoms with Gasteiger partial charge in [-0.25, -0.2) is 4.79 Å². The summed E-state index contributed by atoms with van der Waals surface area (Å²) in [6, 6.07) is 14.2. The molecule has 0 amide bonds. The highest BCUT2D eigenvalue weighted by Crippen LogP contribution is 2.22. The summed E-state index contributed by atoms with van der Waals surface area (Å²) in [7, 11) is 0. The lowest BCUT2D eigenvalue weighted by Gasteiger charge is -2.19. The van der Waals surface area contributed by atoms with Gasteiger partial charge in [0.05, 0.1) is 12.0 Å². The number of rotatable bonds is 5. The molecule has 0 aliphatic rings. The van der Waals surface area contributed by atoms with Crippen molar-refractivity contribution in [3.05, 3.63) is 59.7 Å². The summed E-state index contributed by atoms with van der Waals surface area (Å²) in [6.45, 7) is 6.88. The molecule has 0 saturated heterocycles. The monoisotopic (exact) mass is 338 g/mol. The molecule has 0 aliphatic carbocycles. The second-order valence-electron chi connectivity index (χ2n) is 6.96. The number of ketones is 2. The molecule has 0 radical (unpaired) electrons. The number of esters is 1. The van der Waals surface area contributed by atoms with Crippen LogP contribution >= 0.6 is 0 Å². The van der Waals surface area contributed by atoms with E-state index in [1.54, 1.807) is 24.3 Å². The Morgan fingerprint density at radius 3 is 1.64 bits per heavy atom. The van der Waals surface area contributed by atoms with Crippen LogP contribution in [0.5, 0.6) is 0 Å². The van der Waals surface area contributed by atoms with Crippen molar-refractivity contribution >= 4 is 17.5 Å². The van der Waals surface area contributed by atoms with Crippen LogP contribution in [-0.4, -0.2) is 23.1 Å². The normalized spacial score (nSPS) is 11.0. The van der Waals surface area contributed by atoms with Crippen molar-refractivity contribution in [1.29, 1.82) is 0 Å². The fourth-order valence-electron chi connectivity index (χ4n) is 2.31.